The van der Waals surface area contributed by atoms with Gasteiger partial charge in [-0.05, 0) is 102 Å². The molecule has 4 aliphatic rings. The number of nitrogens with zero attached hydrogens (tertiary/aromatic N) is 2. The average Bonchev–Trinajstić information content (AvgIpc) is 3.66. The largest absolute Gasteiger partial charge is 0.327 e. The van der Waals surface area contributed by atoms with E-state index in [-0.39, 0.29) is 11.3 Å². The van der Waals surface area contributed by atoms with Crippen molar-refractivity contribution in [3.05, 3.63) is 186 Å². The first-order valence-electron chi connectivity index (χ1n) is 18.7. The highest BCUT2D eigenvalue weighted by molar-refractivity contribution is 6.10. The lowest BCUT2D eigenvalue weighted by molar-refractivity contribution is 0.403. The van der Waals surface area contributed by atoms with E-state index in [0.717, 1.165) is 0 Å². The van der Waals surface area contributed by atoms with Gasteiger partial charge in [0.05, 0.1) is 27.8 Å². The summed E-state index contributed by atoms with van der Waals surface area (Å²) in [4.78, 5) is 2.73. The van der Waals surface area contributed by atoms with Gasteiger partial charge >= 0.3 is 0 Å². The Morgan fingerprint density at radius 3 is 1.87 bits per heavy atom. The van der Waals surface area contributed by atoms with E-state index >= 15 is 0 Å². The molecule has 4 unspecified atom stereocenters. The smallest absolute Gasteiger partial charge is 0.0907 e. The lowest BCUT2D eigenvalue weighted by atomic mass is 9.53. The average molecular weight is 669 g/mol. The van der Waals surface area contributed by atoms with E-state index in [2.05, 4.69) is 201 Å². The number of hydrogen-bond acceptors (Lipinski definition) is 1. The normalized spacial score (nSPS) is 25.3. The Bertz CT molecular complexity index is 2690. The Morgan fingerprint density at radius 1 is 0.577 bits per heavy atom. The van der Waals surface area contributed by atoms with Gasteiger partial charge in [-0.15, -0.1) is 0 Å². The fraction of sp³-hybridized carbons (Fsp3) is 0.160. The molecule has 4 atom stereocenters. The molecule has 0 saturated heterocycles. The number of benzene rings is 6. The van der Waals surface area contributed by atoms with Gasteiger partial charge in [-0.2, -0.15) is 0 Å². The molecule has 1 aromatic heterocycles. The molecule has 11 rings (SSSR count). The Morgan fingerprint density at radius 2 is 1.17 bits per heavy atom. The molecule has 0 N–H and O–H groups in total. The predicted octanol–water partition coefficient (Wildman–Crippen LogP) is 12.6. The maximum Gasteiger partial charge on any atom is 0.0907 e. The second kappa shape index (κ2) is 10.1. The van der Waals surface area contributed by atoms with Gasteiger partial charge in [0.15, 0.2) is 0 Å². The molecule has 0 bridgehead atoms. The van der Waals surface area contributed by atoms with Crippen molar-refractivity contribution in [2.24, 2.45) is 5.92 Å². The highest BCUT2D eigenvalue weighted by Crippen LogP contribution is 2.70. The van der Waals surface area contributed by atoms with Crippen LogP contribution in [0.15, 0.2) is 175 Å². The lowest BCUT2D eigenvalue weighted by Crippen LogP contribution is -2.58. The summed E-state index contributed by atoms with van der Waals surface area (Å²) >= 11 is 0. The summed E-state index contributed by atoms with van der Waals surface area (Å²) < 4.78 is 2.67. The van der Waals surface area contributed by atoms with E-state index in [1.165, 1.54) is 83.3 Å². The number of allylic oxidation sites excluding steroid dienone is 4. The van der Waals surface area contributed by atoms with Crippen LogP contribution in [0.4, 0.5) is 11.4 Å². The van der Waals surface area contributed by atoms with E-state index < -0.39 is 11.1 Å². The third kappa shape index (κ3) is 3.55. The maximum atomic E-state index is 2.73. The highest BCUT2D eigenvalue weighted by Gasteiger charge is 2.63. The molecule has 2 heteroatoms. The number of anilines is 2. The van der Waals surface area contributed by atoms with Crippen LogP contribution in [-0.4, -0.2) is 10.1 Å². The van der Waals surface area contributed by atoms with Crippen molar-refractivity contribution in [3.63, 3.8) is 0 Å². The SMILES string of the molecule is CC1C=CC2(C)C3=C1C(C)(n1c4ccccc4c4ccccc41)C=C1c4ccccc4N(c4c(-c5ccccc5)cc(-c5ccccc5)cc42)C13C. The van der Waals surface area contributed by atoms with E-state index in [1.807, 2.05) is 0 Å². The van der Waals surface area contributed by atoms with Crippen LogP contribution in [0.3, 0.4) is 0 Å². The summed E-state index contributed by atoms with van der Waals surface area (Å²) in [6.07, 6.45) is 7.72. The summed E-state index contributed by atoms with van der Waals surface area (Å²) in [5.74, 6) is 0.237. The minimum atomic E-state index is -0.432. The standard InChI is InChI=1S/C50H40N2/c1-32-27-28-48(2)40-30-35(33-17-7-5-8-18-33)29-39(34-19-9-6-10-20-34)46(40)52-44-26-16-13-23-38(44)41-31-49(3,45(32)47(48)50(41,52)4)51-42-24-14-11-21-36(42)37-22-12-15-25-43(37)51/h5-32H,1-4H3. The van der Waals surface area contributed by atoms with E-state index in [1.54, 1.807) is 0 Å². The molecule has 52 heavy (non-hydrogen) atoms. The molecule has 0 saturated carbocycles. The third-order valence-corrected chi connectivity index (χ3v) is 13.0. The Labute approximate surface area is 305 Å². The second-order valence-corrected chi connectivity index (χ2v) is 15.8. The minimum Gasteiger partial charge on any atom is -0.327 e. The second-order valence-electron chi connectivity index (χ2n) is 15.8. The quantitative estimate of drug-likeness (QED) is 0.170. The van der Waals surface area contributed by atoms with Crippen molar-refractivity contribution < 1.29 is 0 Å². The molecule has 0 fully saturated rings. The van der Waals surface area contributed by atoms with Crippen LogP contribution in [0.2, 0.25) is 0 Å². The molecular weight excluding hydrogens is 629 g/mol. The summed E-state index contributed by atoms with van der Waals surface area (Å²) in [5.41, 5.74) is 16.1. The molecule has 2 nitrogen and oxygen atoms in total. The zero-order valence-electron chi connectivity index (χ0n) is 30.1. The van der Waals surface area contributed by atoms with Crippen LogP contribution < -0.4 is 4.90 Å². The summed E-state index contributed by atoms with van der Waals surface area (Å²) in [7, 11) is 0. The van der Waals surface area contributed by atoms with Gasteiger partial charge in [-0.25, -0.2) is 0 Å². The van der Waals surface area contributed by atoms with Crippen LogP contribution in [0.25, 0.3) is 49.6 Å². The van der Waals surface area contributed by atoms with E-state index in [0.29, 0.717) is 0 Å². The molecule has 2 aliphatic carbocycles. The monoisotopic (exact) mass is 668 g/mol. The zero-order chi connectivity index (χ0) is 35.0. The Hall–Kier alpha value is -5.86. The van der Waals surface area contributed by atoms with E-state index in [9.17, 15) is 0 Å². The Kier molecular flexibility index (Phi) is 5.82. The number of hydrogen-bond donors (Lipinski definition) is 0. The fourth-order valence-corrected chi connectivity index (χ4v) is 10.9. The van der Waals surface area contributed by atoms with Crippen molar-refractivity contribution in [3.8, 4) is 22.3 Å². The lowest BCUT2D eigenvalue weighted by Gasteiger charge is -2.59. The van der Waals surface area contributed by atoms with Crippen molar-refractivity contribution in [2.45, 2.75) is 44.2 Å². The molecule has 6 aromatic carbocycles. The van der Waals surface area contributed by atoms with Gasteiger partial charge in [0.2, 0.25) is 0 Å². The van der Waals surface area contributed by atoms with Gasteiger partial charge < -0.3 is 9.47 Å². The first-order chi connectivity index (χ1) is 25.3. The van der Waals surface area contributed by atoms with E-state index in [4.69, 9.17) is 0 Å². The molecule has 7 aromatic rings. The zero-order valence-corrected chi connectivity index (χ0v) is 30.1. The molecule has 2 aliphatic heterocycles. The fourth-order valence-electron chi connectivity index (χ4n) is 10.9. The van der Waals surface area contributed by atoms with Gasteiger partial charge in [-0.1, -0.05) is 134 Å². The van der Waals surface area contributed by atoms with Crippen LogP contribution in [-0.2, 0) is 11.0 Å². The molecule has 0 spiro atoms. The number of fused-ring (bicyclic) bond motifs is 9. The number of para-hydroxylation sites is 3. The summed E-state index contributed by atoms with van der Waals surface area (Å²) in [6.45, 7) is 9.94. The first kappa shape index (κ1) is 29.8. The molecule has 250 valence electrons. The molecule has 0 amide bonds. The first-order valence-corrected chi connectivity index (χ1v) is 18.7. The minimum absolute atomic E-state index is 0.237. The van der Waals surface area contributed by atoms with Crippen LogP contribution in [0.5, 0.6) is 0 Å². The van der Waals surface area contributed by atoms with Crippen LogP contribution in [0, 0.1) is 5.92 Å². The van der Waals surface area contributed by atoms with Crippen LogP contribution >= 0.6 is 0 Å². The maximum absolute atomic E-state index is 2.73. The van der Waals surface area contributed by atoms with Crippen molar-refractivity contribution in [2.75, 3.05) is 4.90 Å². The predicted molar refractivity (Wildman–Crippen MR) is 218 cm³/mol. The number of rotatable bonds is 3. The van der Waals surface area contributed by atoms with Crippen molar-refractivity contribution >= 4 is 38.8 Å². The molecule has 0 radical (unpaired) electrons. The third-order valence-electron chi connectivity index (χ3n) is 13.0. The van der Waals surface area contributed by atoms with Crippen molar-refractivity contribution in [1.29, 1.82) is 0 Å². The van der Waals surface area contributed by atoms with Gasteiger partial charge in [0.25, 0.3) is 0 Å². The highest BCUT2D eigenvalue weighted by atomic mass is 15.3. The summed E-state index contributed by atoms with van der Waals surface area (Å²) in [6, 6.07) is 54.1. The van der Waals surface area contributed by atoms with Gasteiger partial charge in [-0.3, -0.25) is 0 Å². The molecule has 3 heterocycles. The number of aromatic nitrogens is 1. The van der Waals surface area contributed by atoms with Crippen molar-refractivity contribution in [1.82, 2.24) is 4.57 Å². The topological polar surface area (TPSA) is 8.17 Å². The van der Waals surface area contributed by atoms with Crippen LogP contribution in [0.1, 0.15) is 38.8 Å². The summed E-state index contributed by atoms with van der Waals surface area (Å²) in [5, 5.41) is 2.61. The molecular formula is C50H40N2. The Balaban J connectivity index is 1.33. The van der Waals surface area contributed by atoms with Gasteiger partial charge in [0.1, 0.15) is 0 Å². The van der Waals surface area contributed by atoms with Gasteiger partial charge in [0, 0.05) is 33.0 Å².